The van der Waals surface area contributed by atoms with E-state index >= 15 is 0 Å². The van der Waals surface area contributed by atoms with Gasteiger partial charge in [0.25, 0.3) is 15.2 Å². The van der Waals surface area contributed by atoms with Gasteiger partial charge >= 0.3 is 6.18 Å². The number of aromatic nitrogens is 3. The molecule has 0 fully saturated rings. The van der Waals surface area contributed by atoms with Gasteiger partial charge in [0.15, 0.2) is 0 Å². The van der Waals surface area contributed by atoms with E-state index in [1.54, 1.807) is 12.1 Å². The van der Waals surface area contributed by atoms with Crippen LogP contribution in [0.1, 0.15) is 29.7 Å². The van der Waals surface area contributed by atoms with Gasteiger partial charge < -0.3 is 0 Å². The summed E-state index contributed by atoms with van der Waals surface area (Å²) in [4.78, 5) is 5.38. The number of allylic oxidation sites excluding steroid dienone is 2. The highest BCUT2D eigenvalue weighted by Crippen LogP contribution is 2.43. The third-order valence-electron chi connectivity index (χ3n) is 5.45. The summed E-state index contributed by atoms with van der Waals surface area (Å²) in [5.74, 6) is -0.0935. The monoisotopic (exact) mass is 499 g/mol. The number of anilines is 2. The van der Waals surface area contributed by atoms with Gasteiger partial charge in [-0.15, -0.1) is 5.10 Å². The van der Waals surface area contributed by atoms with Crippen LogP contribution in [0.5, 0.6) is 0 Å². The van der Waals surface area contributed by atoms with E-state index in [4.69, 9.17) is 5.26 Å². The smallest absolute Gasteiger partial charge is 0.282 e. The first-order valence-electron chi connectivity index (χ1n) is 10.00. The molecular weight excluding hydrogens is 483 g/mol. The first-order chi connectivity index (χ1) is 16.5. The van der Waals surface area contributed by atoms with Crippen molar-refractivity contribution in [3.8, 4) is 12.1 Å². The maximum absolute atomic E-state index is 13.4. The number of nitrogens with one attached hydrogen (secondary N) is 1. The zero-order valence-electron chi connectivity index (χ0n) is 18.2. The molecule has 2 aromatic carbocycles. The molecule has 9 nitrogen and oxygen atoms in total. The minimum Gasteiger partial charge on any atom is -0.282 e. The molecule has 0 bridgehead atoms. The van der Waals surface area contributed by atoms with Crippen LogP contribution in [0, 0.1) is 22.7 Å². The minimum atomic E-state index is -4.62. The highest BCUT2D eigenvalue weighted by molar-refractivity contribution is 7.89. The molecule has 4 rings (SSSR count). The first-order valence-corrected chi connectivity index (χ1v) is 11.5. The lowest BCUT2D eigenvalue weighted by atomic mass is 9.95. The zero-order valence-corrected chi connectivity index (χ0v) is 19.1. The summed E-state index contributed by atoms with van der Waals surface area (Å²) >= 11 is 0. The molecule has 0 saturated heterocycles. The average molecular weight is 499 g/mol. The van der Waals surface area contributed by atoms with Gasteiger partial charge in [-0.05, 0) is 49.9 Å². The van der Waals surface area contributed by atoms with E-state index in [9.17, 15) is 26.9 Å². The Kier molecular flexibility index (Phi) is 5.84. The lowest BCUT2D eigenvalue weighted by molar-refractivity contribution is -0.137. The van der Waals surface area contributed by atoms with Crippen LogP contribution in [-0.2, 0) is 16.2 Å². The Morgan fingerprint density at radius 1 is 1.09 bits per heavy atom. The van der Waals surface area contributed by atoms with E-state index < -0.39 is 33.0 Å². The fourth-order valence-corrected chi connectivity index (χ4v) is 4.32. The number of halogens is 3. The molecular formula is C22H16F3N7O2S. The number of nitrogens with zero attached hydrogens (tertiary/aromatic N) is 6. The Labute approximate surface area is 198 Å². The second kappa shape index (κ2) is 8.54. The predicted octanol–water partition coefficient (Wildman–Crippen LogP) is 3.62. The van der Waals surface area contributed by atoms with Gasteiger partial charge in [0.05, 0.1) is 28.8 Å². The van der Waals surface area contributed by atoms with Crippen LogP contribution in [0.25, 0.3) is 0 Å². The number of benzene rings is 2. The molecule has 0 aliphatic carbocycles. The molecule has 1 N–H and O–H groups in total. The predicted molar refractivity (Wildman–Crippen MR) is 117 cm³/mol. The Hall–Kier alpha value is -4.20. The number of hydrogen-bond acceptors (Lipinski definition) is 7. The van der Waals surface area contributed by atoms with E-state index in [0.29, 0.717) is 11.1 Å². The van der Waals surface area contributed by atoms with Gasteiger partial charge in [0.1, 0.15) is 6.04 Å². The lowest BCUT2D eigenvalue weighted by Gasteiger charge is -2.34. The van der Waals surface area contributed by atoms with Crippen molar-refractivity contribution < 1.29 is 21.6 Å². The summed E-state index contributed by atoms with van der Waals surface area (Å²) in [5.41, 5.74) is 0.317. The molecule has 35 heavy (non-hydrogen) atoms. The first kappa shape index (κ1) is 23.9. The summed E-state index contributed by atoms with van der Waals surface area (Å²) in [6.45, 7) is 1.53. The number of hydrogen-bond donors (Lipinski definition) is 1. The molecule has 0 radical (unpaired) electrons. The Morgan fingerprint density at radius 3 is 2.34 bits per heavy atom. The van der Waals surface area contributed by atoms with Gasteiger partial charge in [-0.2, -0.15) is 28.7 Å². The van der Waals surface area contributed by atoms with Crippen molar-refractivity contribution in [1.29, 1.82) is 10.5 Å². The normalized spacial score (nSPS) is 16.0. The van der Waals surface area contributed by atoms with Crippen molar-refractivity contribution in [3.63, 3.8) is 0 Å². The van der Waals surface area contributed by atoms with Gasteiger partial charge in [0.2, 0.25) is 5.95 Å². The van der Waals surface area contributed by atoms with E-state index in [2.05, 4.69) is 20.9 Å². The van der Waals surface area contributed by atoms with Crippen molar-refractivity contribution >= 4 is 21.7 Å². The largest absolute Gasteiger partial charge is 0.416 e. The van der Waals surface area contributed by atoms with E-state index in [1.807, 2.05) is 6.07 Å². The molecule has 3 aromatic rings. The van der Waals surface area contributed by atoms with Crippen LogP contribution in [0.4, 0.5) is 24.8 Å². The molecule has 1 aliphatic rings. The standard InChI is InChI=1S/C22H16F3N7O2S/c1-13-18(12-27)19(15-8-6-14(11-26)7-9-15)32-21(29-20(30-32)35(33,34)28-2)31(13)17-5-3-4-16(10-17)22(23,24)25/h3-10,19,28H,1-2H3. The molecule has 0 spiro atoms. The fraction of sp³-hybridized carbons (Fsp3) is 0.182. The van der Waals surface area contributed by atoms with Crippen LogP contribution in [-0.4, -0.2) is 30.2 Å². The Balaban J connectivity index is 2.01. The topological polar surface area (TPSA) is 128 Å². The summed E-state index contributed by atoms with van der Waals surface area (Å²) in [6.07, 6.45) is -4.62. The molecule has 2 heterocycles. The van der Waals surface area contributed by atoms with Crippen LogP contribution in [0.3, 0.4) is 0 Å². The molecule has 1 atom stereocenters. The van der Waals surface area contributed by atoms with Gasteiger partial charge in [0, 0.05) is 11.4 Å². The quantitative estimate of drug-likeness (QED) is 0.581. The van der Waals surface area contributed by atoms with Gasteiger partial charge in [-0.1, -0.05) is 18.2 Å². The van der Waals surface area contributed by atoms with Crippen molar-refractivity contribution in [1.82, 2.24) is 19.5 Å². The molecule has 1 unspecified atom stereocenters. The fourth-order valence-electron chi connectivity index (χ4n) is 3.74. The number of sulfonamides is 1. The maximum Gasteiger partial charge on any atom is 0.416 e. The third kappa shape index (κ3) is 4.12. The van der Waals surface area contributed by atoms with Crippen LogP contribution < -0.4 is 9.62 Å². The van der Waals surface area contributed by atoms with Crippen molar-refractivity contribution in [2.45, 2.75) is 24.3 Å². The molecule has 0 saturated carbocycles. The summed E-state index contributed by atoms with van der Waals surface area (Å²) < 4.78 is 68.4. The van der Waals surface area contributed by atoms with Gasteiger partial charge in [-0.25, -0.2) is 17.8 Å². The van der Waals surface area contributed by atoms with Gasteiger partial charge in [-0.3, -0.25) is 4.90 Å². The SMILES string of the molecule is CNS(=O)(=O)c1nc2n(n1)C(c1ccc(C#N)cc1)C(C#N)=C(C)N2c1cccc(C(F)(F)F)c1. The Morgan fingerprint density at radius 2 is 1.77 bits per heavy atom. The van der Waals surface area contributed by atoms with Crippen molar-refractivity contribution in [3.05, 3.63) is 76.5 Å². The lowest BCUT2D eigenvalue weighted by Crippen LogP contribution is -2.31. The van der Waals surface area contributed by atoms with Crippen molar-refractivity contribution in [2.75, 3.05) is 11.9 Å². The number of alkyl halides is 3. The third-order valence-corrected chi connectivity index (χ3v) is 6.64. The summed E-state index contributed by atoms with van der Waals surface area (Å²) in [5, 5.41) is 22.6. The Bertz CT molecular complexity index is 1530. The van der Waals surface area contributed by atoms with E-state index in [1.165, 1.54) is 47.8 Å². The molecule has 1 aromatic heterocycles. The van der Waals surface area contributed by atoms with Crippen molar-refractivity contribution in [2.24, 2.45) is 0 Å². The summed E-state index contributed by atoms with van der Waals surface area (Å²) in [6, 6.07) is 13.7. The highest BCUT2D eigenvalue weighted by Gasteiger charge is 2.38. The minimum absolute atomic E-state index is 0.0189. The maximum atomic E-state index is 13.4. The molecule has 13 heteroatoms. The van der Waals surface area contributed by atoms with E-state index in [0.717, 1.165) is 12.1 Å². The zero-order chi connectivity index (χ0) is 25.5. The second-order valence-electron chi connectivity index (χ2n) is 7.48. The molecule has 0 amide bonds. The number of nitriles is 2. The van der Waals surface area contributed by atoms with Crippen LogP contribution in [0.2, 0.25) is 0 Å². The van der Waals surface area contributed by atoms with E-state index in [-0.39, 0.29) is 22.9 Å². The highest BCUT2D eigenvalue weighted by atomic mass is 32.2. The summed E-state index contributed by atoms with van der Waals surface area (Å²) in [7, 11) is -2.96. The molecule has 178 valence electrons. The number of rotatable bonds is 4. The van der Waals surface area contributed by atoms with Crippen LogP contribution >= 0.6 is 0 Å². The average Bonchev–Trinajstić information content (AvgIpc) is 3.28. The second-order valence-corrected chi connectivity index (χ2v) is 9.26. The number of fused-ring (bicyclic) bond motifs is 1. The molecule has 1 aliphatic heterocycles. The van der Waals surface area contributed by atoms with Crippen LogP contribution in [0.15, 0.2) is 65.0 Å².